The lowest BCUT2D eigenvalue weighted by Gasteiger charge is -2.36. The van der Waals surface area contributed by atoms with E-state index in [-0.39, 0.29) is 31.3 Å². The minimum atomic E-state index is -1.02. The smallest absolute Gasteiger partial charge is 0.407 e. The monoisotopic (exact) mass is 477 g/mol. The zero-order valence-electron chi connectivity index (χ0n) is 19.7. The molecule has 0 aromatic heterocycles. The standard InChI is InChI=1S/C27H31N3O5/c1-2-13-29-14-16-30(17-15-29)26(33)24(11-12-25(31)32)28-27(34)35-18-23-21-9-5-3-7-19(21)20-8-4-6-10-22(20)23/h2-10,23-24H,1,11-18H2,(H,28,34)(H,31,32). The highest BCUT2D eigenvalue weighted by atomic mass is 16.5. The van der Waals surface area contributed by atoms with Gasteiger partial charge >= 0.3 is 12.1 Å². The third-order valence-electron chi connectivity index (χ3n) is 6.65. The lowest BCUT2D eigenvalue weighted by atomic mass is 9.98. The molecule has 1 saturated heterocycles. The molecule has 8 heteroatoms. The van der Waals surface area contributed by atoms with Crippen molar-refractivity contribution in [3.8, 4) is 11.1 Å². The van der Waals surface area contributed by atoms with Crippen LogP contribution in [0.5, 0.6) is 0 Å². The molecule has 35 heavy (non-hydrogen) atoms. The predicted octanol–water partition coefficient (Wildman–Crippen LogP) is 3.09. The van der Waals surface area contributed by atoms with E-state index in [1.165, 1.54) is 0 Å². The van der Waals surface area contributed by atoms with Gasteiger partial charge in [0.05, 0.1) is 0 Å². The first kappa shape index (κ1) is 24.5. The van der Waals surface area contributed by atoms with E-state index < -0.39 is 18.1 Å². The second kappa shape index (κ2) is 11.2. The summed E-state index contributed by atoms with van der Waals surface area (Å²) >= 11 is 0. The van der Waals surface area contributed by atoms with Gasteiger partial charge in [-0.25, -0.2) is 4.79 Å². The largest absolute Gasteiger partial charge is 0.481 e. The molecule has 184 valence electrons. The van der Waals surface area contributed by atoms with E-state index in [0.717, 1.165) is 28.8 Å². The Hall–Kier alpha value is -3.65. The molecule has 8 nitrogen and oxygen atoms in total. The van der Waals surface area contributed by atoms with Crippen molar-refractivity contribution in [2.24, 2.45) is 0 Å². The molecule has 1 fully saturated rings. The summed E-state index contributed by atoms with van der Waals surface area (Å²) in [4.78, 5) is 40.9. The van der Waals surface area contributed by atoms with Gasteiger partial charge in [0.1, 0.15) is 12.6 Å². The van der Waals surface area contributed by atoms with Gasteiger partial charge in [-0.2, -0.15) is 0 Å². The number of alkyl carbamates (subject to hydrolysis) is 1. The molecule has 2 amide bonds. The molecule has 1 aliphatic carbocycles. The zero-order chi connectivity index (χ0) is 24.8. The fraction of sp³-hybridized carbons (Fsp3) is 0.370. The molecule has 2 N–H and O–H groups in total. The normalized spacial score (nSPS) is 16.2. The second-order valence-corrected chi connectivity index (χ2v) is 8.87. The molecule has 1 unspecified atom stereocenters. The highest BCUT2D eigenvalue weighted by molar-refractivity contribution is 5.86. The van der Waals surface area contributed by atoms with E-state index in [1.807, 2.05) is 42.5 Å². The number of carbonyl (C=O) groups is 3. The number of aliphatic carboxylic acids is 1. The molecule has 0 radical (unpaired) electrons. The molecule has 2 aliphatic rings. The van der Waals surface area contributed by atoms with Crippen molar-refractivity contribution < 1.29 is 24.2 Å². The van der Waals surface area contributed by atoms with Crippen LogP contribution < -0.4 is 5.32 Å². The topological polar surface area (TPSA) is 99.2 Å². The van der Waals surface area contributed by atoms with Gasteiger partial charge in [0, 0.05) is 45.1 Å². The number of hydrogen-bond donors (Lipinski definition) is 2. The van der Waals surface area contributed by atoms with Crippen LogP contribution in [0.15, 0.2) is 61.2 Å². The summed E-state index contributed by atoms with van der Waals surface area (Å²) < 4.78 is 5.58. The third-order valence-corrected chi connectivity index (χ3v) is 6.65. The Labute approximate surface area is 205 Å². The first-order valence-electron chi connectivity index (χ1n) is 11.9. The number of rotatable bonds is 9. The van der Waals surface area contributed by atoms with Gasteiger partial charge in [0.15, 0.2) is 0 Å². The minimum Gasteiger partial charge on any atom is -0.481 e. The fourth-order valence-electron chi connectivity index (χ4n) is 4.86. The number of piperazine rings is 1. The Morgan fingerprint density at radius 3 is 2.20 bits per heavy atom. The van der Waals surface area contributed by atoms with Crippen LogP contribution in [-0.4, -0.2) is 78.2 Å². The number of nitrogens with one attached hydrogen (secondary N) is 1. The van der Waals surface area contributed by atoms with Gasteiger partial charge in [-0.3, -0.25) is 14.5 Å². The lowest BCUT2D eigenvalue weighted by Crippen LogP contribution is -2.55. The summed E-state index contributed by atoms with van der Waals surface area (Å²) in [5, 5.41) is 11.8. The summed E-state index contributed by atoms with van der Waals surface area (Å²) in [6, 6.07) is 15.1. The van der Waals surface area contributed by atoms with Crippen LogP contribution in [0.2, 0.25) is 0 Å². The molecule has 1 heterocycles. The summed E-state index contributed by atoms with van der Waals surface area (Å²) in [6.45, 7) is 7.06. The maximum Gasteiger partial charge on any atom is 0.407 e. The SMILES string of the molecule is C=CCN1CCN(C(=O)C(CCC(=O)O)NC(=O)OCC2c3ccccc3-c3ccccc32)CC1. The first-order valence-corrected chi connectivity index (χ1v) is 11.9. The van der Waals surface area contributed by atoms with Gasteiger partial charge in [-0.05, 0) is 28.7 Å². The molecule has 1 atom stereocenters. The fourth-order valence-corrected chi connectivity index (χ4v) is 4.86. The zero-order valence-corrected chi connectivity index (χ0v) is 19.7. The van der Waals surface area contributed by atoms with Crippen LogP contribution in [0.4, 0.5) is 4.79 Å². The summed E-state index contributed by atoms with van der Waals surface area (Å²) in [5.41, 5.74) is 4.44. The summed E-state index contributed by atoms with van der Waals surface area (Å²) in [7, 11) is 0. The minimum absolute atomic E-state index is 0.00519. The van der Waals surface area contributed by atoms with Crippen molar-refractivity contribution in [2.45, 2.75) is 24.8 Å². The lowest BCUT2D eigenvalue weighted by molar-refractivity contribution is -0.138. The van der Waals surface area contributed by atoms with Gasteiger partial charge in [0.25, 0.3) is 0 Å². The van der Waals surface area contributed by atoms with E-state index >= 15 is 0 Å². The number of fused-ring (bicyclic) bond motifs is 3. The highest BCUT2D eigenvalue weighted by Crippen LogP contribution is 2.44. The van der Waals surface area contributed by atoms with E-state index in [4.69, 9.17) is 9.84 Å². The quantitative estimate of drug-likeness (QED) is 0.539. The number of carboxylic acid groups (broad SMARTS) is 1. The highest BCUT2D eigenvalue weighted by Gasteiger charge is 2.31. The second-order valence-electron chi connectivity index (χ2n) is 8.87. The van der Waals surface area contributed by atoms with Gasteiger partial charge in [0.2, 0.25) is 5.91 Å². The van der Waals surface area contributed by atoms with Crippen molar-refractivity contribution in [2.75, 3.05) is 39.3 Å². The molecule has 4 rings (SSSR count). The van der Waals surface area contributed by atoms with Gasteiger partial charge in [-0.15, -0.1) is 6.58 Å². The number of carboxylic acids is 1. The van der Waals surface area contributed by atoms with E-state index in [0.29, 0.717) is 26.2 Å². The Morgan fingerprint density at radius 2 is 1.63 bits per heavy atom. The molecule has 1 aliphatic heterocycles. The Morgan fingerprint density at radius 1 is 1.03 bits per heavy atom. The Bertz CT molecular complexity index is 1050. The number of nitrogens with zero attached hydrogens (tertiary/aromatic N) is 2. The predicted molar refractivity (Wildman–Crippen MR) is 132 cm³/mol. The summed E-state index contributed by atoms with van der Waals surface area (Å²) in [5.74, 6) is -1.40. The maximum atomic E-state index is 13.1. The van der Waals surface area contributed by atoms with E-state index in [9.17, 15) is 14.4 Å². The number of ether oxygens (including phenoxy) is 1. The van der Waals surface area contributed by atoms with Crippen LogP contribution in [0, 0.1) is 0 Å². The average Bonchev–Trinajstić information content (AvgIpc) is 3.19. The van der Waals surface area contributed by atoms with Gasteiger partial charge in [-0.1, -0.05) is 54.6 Å². The Balaban J connectivity index is 1.39. The Kier molecular flexibility index (Phi) is 7.82. The molecular weight excluding hydrogens is 446 g/mol. The maximum absolute atomic E-state index is 13.1. The van der Waals surface area contributed by atoms with Crippen LogP contribution >= 0.6 is 0 Å². The van der Waals surface area contributed by atoms with Crippen molar-refractivity contribution in [3.05, 3.63) is 72.3 Å². The van der Waals surface area contributed by atoms with Crippen LogP contribution in [-0.2, 0) is 14.3 Å². The average molecular weight is 478 g/mol. The summed E-state index contributed by atoms with van der Waals surface area (Å²) in [6.07, 6.45) is 0.883. The van der Waals surface area contributed by atoms with E-state index in [1.54, 1.807) is 4.90 Å². The molecule has 2 aromatic rings. The van der Waals surface area contributed by atoms with Crippen LogP contribution in [0.25, 0.3) is 11.1 Å². The first-order chi connectivity index (χ1) is 17.0. The van der Waals surface area contributed by atoms with E-state index in [2.05, 4.69) is 28.9 Å². The molecule has 2 aromatic carbocycles. The van der Waals surface area contributed by atoms with Crippen molar-refractivity contribution >= 4 is 18.0 Å². The number of benzene rings is 2. The van der Waals surface area contributed by atoms with Crippen molar-refractivity contribution in [3.63, 3.8) is 0 Å². The number of amides is 2. The van der Waals surface area contributed by atoms with Crippen LogP contribution in [0.3, 0.4) is 0 Å². The number of carbonyl (C=O) groups excluding carboxylic acids is 2. The molecule has 0 saturated carbocycles. The third kappa shape index (κ3) is 5.71. The van der Waals surface area contributed by atoms with Crippen molar-refractivity contribution in [1.82, 2.24) is 15.1 Å². The molecular formula is C27H31N3O5. The van der Waals surface area contributed by atoms with Crippen LogP contribution in [0.1, 0.15) is 29.9 Å². The number of hydrogen-bond acceptors (Lipinski definition) is 5. The van der Waals surface area contributed by atoms with Gasteiger partial charge < -0.3 is 20.1 Å². The van der Waals surface area contributed by atoms with Crippen molar-refractivity contribution in [1.29, 1.82) is 0 Å². The molecule has 0 spiro atoms. The molecule has 0 bridgehead atoms.